The Morgan fingerprint density at radius 2 is 2.00 bits per heavy atom. The Balaban J connectivity index is 1.36. The predicted molar refractivity (Wildman–Crippen MR) is 84.7 cm³/mol. The van der Waals surface area contributed by atoms with Crippen LogP contribution in [0.2, 0.25) is 0 Å². The molecule has 2 aliphatic rings. The lowest BCUT2D eigenvalue weighted by Crippen LogP contribution is -2.49. The van der Waals surface area contributed by atoms with Gasteiger partial charge in [0.15, 0.2) is 11.5 Å². The largest absolute Gasteiger partial charge is 0.454 e. The number of aromatic nitrogens is 2. The molecular weight excluding hydrogens is 294 g/mol. The van der Waals surface area contributed by atoms with Gasteiger partial charge in [0.05, 0.1) is 17.8 Å². The second-order valence-corrected chi connectivity index (χ2v) is 6.37. The lowest BCUT2D eigenvalue weighted by molar-refractivity contribution is 0.0393. The molecule has 4 rings (SSSR count). The highest BCUT2D eigenvalue weighted by molar-refractivity contribution is 5.45. The van der Waals surface area contributed by atoms with Crippen LogP contribution in [0.3, 0.4) is 0 Å². The normalized spacial score (nSPS) is 18.9. The summed E-state index contributed by atoms with van der Waals surface area (Å²) in [5.41, 5.74) is 3.12. The van der Waals surface area contributed by atoms with Crippen molar-refractivity contribution in [2.75, 3.05) is 26.4 Å². The van der Waals surface area contributed by atoms with Gasteiger partial charge in [-0.2, -0.15) is 5.10 Å². The second-order valence-electron chi connectivity index (χ2n) is 6.37. The number of nitrogens with zero attached hydrogens (tertiary/aromatic N) is 3. The molecule has 6 heteroatoms. The minimum atomic E-state index is -0.522. The number of aliphatic hydroxyl groups is 1. The van der Waals surface area contributed by atoms with Gasteiger partial charge < -0.3 is 14.6 Å². The molecule has 1 aromatic carbocycles. The first-order valence-corrected chi connectivity index (χ1v) is 7.93. The Hall–Kier alpha value is -2.05. The molecule has 2 aliphatic heterocycles. The SMILES string of the molecule is Cc1cc(C)n(C2CN(C[C@@H](O)c3ccc4c(c3)OCO4)C2)n1. The van der Waals surface area contributed by atoms with Crippen LogP contribution >= 0.6 is 0 Å². The van der Waals surface area contributed by atoms with E-state index in [1.54, 1.807) is 0 Å². The molecule has 0 amide bonds. The number of ether oxygens (including phenoxy) is 2. The summed E-state index contributed by atoms with van der Waals surface area (Å²) >= 11 is 0. The van der Waals surface area contributed by atoms with E-state index in [1.165, 1.54) is 5.69 Å². The molecule has 0 unspecified atom stereocenters. The lowest BCUT2D eigenvalue weighted by atomic mass is 10.0. The van der Waals surface area contributed by atoms with Crippen molar-refractivity contribution >= 4 is 0 Å². The van der Waals surface area contributed by atoms with Crippen LogP contribution in [0.1, 0.15) is 29.1 Å². The first-order chi connectivity index (χ1) is 11.1. The maximum atomic E-state index is 10.4. The summed E-state index contributed by atoms with van der Waals surface area (Å²) in [5, 5.41) is 15.0. The van der Waals surface area contributed by atoms with E-state index in [-0.39, 0.29) is 6.79 Å². The van der Waals surface area contributed by atoms with Gasteiger partial charge in [-0.3, -0.25) is 9.58 Å². The molecule has 1 saturated heterocycles. The van der Waals surface area contributed by atoms with Crippen molar-refractivity contribution in [1.29, 1.82) is 0 Å². The van der Waals surface area contributed by atoms with Gasteiger partial charge in [-0.1, -0.05) is 6.07 Å². The standard InChI is InChI=1S/C17H21N3O3/c1-11-5-12(2)20(18-11)14-7-19(8-14)9-15(21)13-3-4-16-17(6-13)23-10-22-16/h3-6,14-15,21H,7-10H2,1-2H3/t15-/m1/s1. The summed E-state index contributed by atoms with van der Waals surface area (Å²) in [5.74, 6) is 1.46. The molecule has 23 heavy (non-hydrogen) atoms. The molecule has 0 bridgehead atoms. The number of aliphatic hydroxyl groups excluding tert-OH is 1. The number of aryl methyl sites for hydroxylation is 2. The molecule has 3 heterocycles. The monoisotopic (exact) mass is 315 g/mol. The van der Waals surface area contributed by atoms with Crippen LogP contribution in [-0.2, 0) is 0 Å². The fourth-order valence-electron chi connectivity index (χ4n) is 3.33. The first kappa shape index (κ1) is 14.5. The Kier molecular flexibility index (Phi) is 3.50. The summed E-state index contributed by atoms with van der Waals surface area (Å²) in [6.45, 7) is 6.82. The van der Waals surface area contributed by atoms with Gasteiger partial charge in [0.2, 0.25) is 6.79 Å². The number of β-amino-alcohol motifs (C(OH)–C–C–N with tert-alkyl or cyclic N) is 1. The van der Waals surface area contributed by atoms with Crippen LogP contribution < -0.4 is 9.47 Å². The average molecular weight is 315 g/mol. The van der Waals surface area contributed by atoms with Crippen LogP contribution in [0, 0.1) is 13.8 Å². The average Bonchev–Trinajstić information content (AvgIpc) is 3.07. The van der Waals surface area contributed by atoms with Gasteiger partial charge in [-0.05, 0) is 37.6 Å². The number of fused-ring (bicyclic) bond motifs is 1. The molecule has 2 aromatic rings. The van der Waals surface area contributed by atoms with Crippen molar-refractivity contribution in [1.82, 2.24) is 14.7 Å². The number of rotatable bonds is 4. The molecule has 0 aliphatic carbocycles. The molecule has 1 N–H and O–H groups in total. The zero-order valence-electron chi connectivity index (χ0n) is 13.4. The predicted octanol–water partition coefficient (Wildman–Crippen LogP) is 1.82. The smallest absolute Gasteiger partial charge is 0.231 e. The Labute approximate surface area is 135 Å². The fraction of sp³-hybridized carbons (Fsp3) is 0.471. The molecule has 1 aromatic heterocycles. The summed E-state index contributed by atoms with van der Waals surface area (Å²) in [6, 6.07) is 8.13. The van der Waals surface area contributed by atoms with E-state index in [0.717, 1.165) is 30.1 Å². The third kappa shape index (κ3) is 2.68. The van der Waals surface area contributed by atoms with Crippen molar-refractivity contribution in [2.45, 2.75) is 26.0 Å². The molecule has 6 nitrogen and oxygen atoms in total. The van der Waals surface area contributed by atoms with E-state index in [1.807, 2.05) is 25.1 Å². The van der Waals surface area contributed by atoms with Crippen molar-refractivity contribution in [3.63, 3.8) is 0 Å². The van der Waals surface area contributed by atoms with Crippen LogP contribution in [0.25, 0.3) is 0 Å². The third-order valence-electron chi connectivity index (χ3n) is 4.54. The highest BCUT2D eigenvalue weighted by Crippen LogP contribution is 2.35. The minimum Gasteiger partial charge on any atom is -0.454 e. The van der Waals surface area contributed by atoms with Crippen LogP contribution in [0.15, 0.2) is 24.3 Å². The van der Waals surface area contributed by atoms with Gasteiger partial charge in [0.25, 0.3) is 0 Å². The molecule has 122 valence electrons. The number of likely N-dealkylation sites (tertiary alicyclic amines) is 1. The molecule has 1 fully saturated rings. The van der Waals surface area contributed by atoms with E-state index in [0.29, 0.717) is 18.3 Å². The molecule has 1 atom stereocenters. The van der Waals surface area contributed by atoms with Crippen LogP contribution in [0.5, 0.6) is 11.5 Å². The fourth-order valence-corrected chi connectivity index (χ4v) is 3.33. The summed E-state index contributed by atoms with van der Waals surface area (Å²) in [4.78, 5) is 2.25. The van der Waals surface area contributed by atoms with Crippen molar-refractivity contribution < 1.29 is 14.6 Å². The number of hydrogen-bond donors (Lipinski definition) is 1. The lowest BCUT2D eigenvalue weighted by Gasteiger charge is -2.40. The maximum Gasteiger partial charge on any atom is 0.231 e. The van der Waals surface area contributed by atoms with Gasteiger partial charge in [0, 0.05) is 25.3 Å². The molecular formula is C17H21N3O3. The first-order valence-electron chi connectivity index (χ1n) is 7.93. The van der Waals surface area contributed by atoms with Crippen LogP contribution in [-0.4, -0.2) is 46.2 Å². The molecule has 0 saturated carbocycles. The van der Waals surface area contributed by atoms with Crippen molar-refractivity contribution in [3.8, 4) is 11.5 Å². The van der Waals surface area contributed by atoms with E-state index in [2.05, 4.69) is 27.7 Å². The maximum absolute atomic E-state index is 10.4. The van der Waals surface area contributed by atoms with Crippen LogP contribution in [0.4, 0.5) is 0 Å². The van der Waals surface area contributed by atoms with E-state index < -0.39 is 6.10 Å². The summed E-state index contributed by atoms with van der Waals surface area (Å²) < 4.78 is 12.8. The van der Waals surface area contributed by atoms with E-state index in [9.17, 15) is 5.11 Å². The third-order valence-corrected chi connectivity index (χ3v) is 4.54. The topological polar surface area (TPSA) is 59.8 Å². The molecule has 0 radical (unpaired) electrons. The zero-order chi connectivity index (χ0) is 16.0. The van der Waals surface area contributed by atoms with E-state index in [4.69, 9.17) is 9.47 Å². The van der Waals surface area contributed by atoms with E-state index >= 15 is 0 Å². The van der Waals surface area contributed by atoms with Gasteiger partial charge in [-0.15, -0.1) is 0 Å². The Morgan fingerprint density at radius 3 is 2.74 bits per heavy atom. The molecule has 0 spiro atoms. The Bertz CT molecular complexity index is 722. The quantitative estimate of drug-likeness (QED) is 0.932. The highest BCUT2D eigenvalue weighted by atomic mass is 16.7. The summed E-state index contributed by atoms with van der Waals surface area (Å²) in [7, 11) is 0. The van der Waals surface area contributed by atoms with Crippen molar-refractivity contribution in [2.24, 2.45) is 0 Å². The minimum absolute atomic E-state index is 0.255. The van der Waals surface area contributed by atoms with Gasteiger partial charge >= 0.3 is 0 Å². The highest BCUT2D eigenvalue weighted by Gasteiger charge is 2.31. The second kappa shape index (κ2) is 5.54. The summed E-state index contributed by atoms with van der Waals surface area (Å²) in [6.07, 6.45) is -0.522. The van der Waals surface area contributed by atoms with Gasteiger partial charge in [-0.25, -0.2) is 0 Å². The number of benzene rings is 1. The number of hydrogen-bond acceptors (Lipinski definition) is 5. The zero-order valence-corrected chi connectivity index (χ0v) is 13.4. The van der Waals surface area contributed by atoms with Gasteiger partial charge in [0.1, 0.15) is 0 Å². The van der Waals surface area contributed by atoms with Crippen molar-refractivity contribution in [3.05, 3.63) is 41.2 Å². The Morgan fingerprint density at radius 1 is 1.22 bits per heavy atom.